The number of rotatable bonds is 10. The summed E-state index contributed by atoms with van der Waals surface area (Å²) in [6, 6.07) is 22.7. The highest BCUT2D eigenvalue weighted by Crippen LogP contribution is 2.40. The number of benzene rings is 3. The number of methoxy groups -OCH3 is 3. The summed E-state index contributed by atoms with van der Waals surface area (Å²) in [4.78, 5) is 4.92. The molecule has 0 spiro atoms. The van der Waals surface area contributed by atoms with Gasteiger partial charge in [-0.3, -0.25) is 9.80 Å². The van der Waals surface area contributed by atoms with Crippen molar-refractivity contribution >= 4 is 0 Å². The van der Waals surface area contributed by atoms with E-state index in [1.165, 1.54) is 5.56 Å². The number of piperazine rings is 1. The van der Waals surface area contributed by atoms with Crippen LogP contribution in [0.2, 0.25) is 0 Å². The molecule has 0 atom stereocenters. The van der Waals surface area contributed by atoms with Crippen molar-refractivity contribution in [3.63, 3.8) is 0 Å². The molecular weight excluding hydrogens is 428 g/mol. The first-order valence-electron chi connectivity index (χ1n) is 11.7. The molecule has 180 valence electrons. The van der Waals surface area contributed by atoms with E-state index < -0.39 is 0 Å². The molecule has 4 rings (SSSR count). The summed E-state index contributed by atoms with van der Waals surface area (Å²) in [7, 11) is 4.96. The third kappa shape index (κ3) is 5.64. The van der Waals surface area contributed by atoms with Gasteiger partial charge in [0.2, 0.25) is 5.75 Å². The van der Waals surface area contributed by atoms with Crippen LogP contribution in [0.1, 0.15) is 5.56 Å². The summed E-state index contributed by atoms with van der Waals surface area (Å²) in [5, 5.41) is 0. The molecule has 1 heterocycles. The number of nitrogens with zero attached hydrogens (tertiary/aromatic N) is 2. The van der Waals surface area contributed by atoms with E-state index in [4.69, 9.17) is 18.9 Å². The Kier molecular flexibility index (Phi) is 8.28. The van der Waals surface area contributed by atoms with Crippen LogP contribution in [-0.4, -0.2) is 70.5 Å². The van der Waals surface area contributed by atoms with Crippen molar-refractivity contribution in [3.05, 3.63) is 72.3 Å². The standard InChI is InChI=1S/C28H34N2O4/c1-31-26-14-13-23(27(32-2)28(26)33-3)21-30-17-15-29(16-18-30)19-20-34-25-12-8-7-11-24(25)22-9-5-4-6-10-22/h4-14H,15-21H2,1-3H3. The van der Waals surface area contributed by atoms with Crippen molar-refractivity contribution in [1.82, 2.24) is 9.80 Å². The van der Waals surface area contributed by atoms with Crippen molar-refractivity contribution in [2.45, 2.75) is 6.54 Å². The maximum Gasteiger partial charge on any atom is 0.203 e. The molecule has 6 nitrogen and oxygen atoms in total. The fraction of sp³-hybridized carbons (Fsp3) is 0.357. The minimum Gasteiger partial charge on any atom is -0.493 e. The topological polar surface area (TPSA) is 43.4 Å². The molecule has 0 saturated carbocycles. The van der Waals surface area contributed by atoms with Crippen LogP contribution in [0.15, 0.2) is 66.7 Å². The Morgan fingerprint density at radius 3 is 2.03 bits per heavy atom. The first-order chi connectivity index (χ1) is 16.7. The predicted molar refractivity (Wildman–Crippen MR) is 135 cm³/mol. The van der Waals surface area contributed by atoms with Crippen LogP contribution in [0.4, 0.5) is 0 Å². The molecule has 1 aliphatic rings. The molecule has 1 fully saturated rings. The average molecular weight is 463 g/mol. The highest BCUT2D eigenvalue weighted by atomic mass is 16.5. The largest absolute Gasteiger partial charge is 0.493 e. The number of para-hydroxylation sites is 1. The van der Waals surface area contributed by atoms with Crippen LogP contribution in [0.25, 0.3) is 11.1 Å². The number of hydrogen-bond acceptors (Lipinski definition) is 6. The van der Waals surface area contributed by atoms with Crippen LogP contribution in [0.3, 0.4) is 0 Å². The summed E-state index contributed by atoms with van der Waals surface area (Å²) in [6.07, 6.45) is 0. The monoisotopic (exact) mass is 462 g/mol. The van der Waals surface area contributed by atoms with Gasteiger partial charge in [-0.25, -0.2) is 0 Å². The van der Waals surface area contributed by atoms with Crippen molar-refractivity contribution < 1.29 is 18.9 Å². The molecule has 0 aromatic heterocycles. The van der Waals surface area contributed by atoms with Crippen molar-refractivity contribution in [1.29, 1.82) is 0 Å². The fourth-order valence-corrected chi connectivity index (χ4v) is 4.43. The van der Waals surface area contributed by atoms with E-state index in [0.717, 1.165) is 61.9 Å². The second-order valence-corrected chi connectivity index (χ2v) is 8.32. The number of hydrogen-bond donors (Lipinski definition) is 0. The maximum absolute atomic E-state index is 6.20. The normalized spacial score (nSPS) is 14.6. The van der Waals surface area contributed by atoms with Gasteiger partial charge in [-0.15, -0.1) is 0 Å². The quantitative estimate of drug-likeness (QED) is 0.440. The van der Waals surface area contributed by atoms with Gasteiger partial charge >= 0.3 is 0 Å². The van der Waals surface area contributed by atoms with Crippen LogP contribution in [0, 0.1) is 0 Å². The van der Waals surface area contributed by atoms with Gasteiger partial charge in [0.05, 0.1) is 21.3 Å². The molecule has 3 aromatic carbocycles. The van der Waals surface area contributed by atoms with Crippen LogP contribution in [-0.2, 0) is 6.54 Å². The van der Waals surface area contributed by atoms with Crippen molar-refractivity contribution in [2.24, 2.45) is 0 Å². The van der Waals surface area contributed by atoms with Gasteiger partial charge in [0.1, 0.15) is 12.4 Å². The molecule has 6 heteroatoms. The van der Waals surface area contributed by atoms with Gasteiger partial charge in [-0.05, 0) is 17.7 Å². The van der Waals surface area contributed by atoms with Crippen LogP contribution < -0.4 is 18.9 Å². The average Bonchev–Trinajstić information content (AvgIpc) is 2.90. The lowest BCUT2D eigenvalue weighted by Crippen LogP contribution is -2.47. The lowest BCUT2D eigenvalue weighted by molar-refractivity contribution is 0.112. The Hall–Kier alpha value is -3.22. The van der Waals surface area contributed by atoms with E-state index in [0.29, 0.717) is 18.1 Å². The van der Waals surface area contributed by atoms with Gasteiger partial charge in [0.25, 0.3) is 0 Å². The zero-order valence-corrected chi connectivity index (χ0v) is 20.3. The zero-order valence-electron chi connectivity index (χ0n) is 20.3. The molecular formula is C28H34N2O4. The summed E-state index contributed by atoms with van der Waals surface area (Å²) >= 11 is 0. The third-order valence-corrected chi connectivity index (χ3v) is 6.28. The molecule has 1 saturated heterocycles. The Bertz CT molecular complexity index is 1050. The van der Waals surface area contributed by atoms with Crippen LogP contribution in [0.5, 0.6) is 23.0 Å². The van der Waals surface area contributed by atoms with E-state index in [-0.39, 0.29) is 0 Å². The molecule has 1 aliphatic heterocycles. The summed E-state index contributed by atoms with van der Waals surface area (Å²) in [5.74, 6) is 3.01. The van der Waals surface area contributed by atoms with Crippen molar-refractivity contribution in [2.75, 3.05) is 60.7 Å². The minimum absolute atomic E-state index is 0.647. The molecule has 3 aromatic rings. The van der Waals surface area contributed by atoms with Crippen molar-refractivity contribution in [3.8, 4) is 34.1 Å². The Morgan fingerprint density at radius 1 is 0.647 bits per heavy atom. The van der Waals surface area contributed by atoms with E-state index >= 15 is 0 Å². The molecule has 0 unspecified atom stereocenters. The summed E-state index contributed by atoms with van der Waals surface area (Å²) in [5.41, 5.74) is 3.42. The molecule has 0 amide bonds. The van der Waals surface area contributed by atoms with E-state index in [1.54, 1.807) is 21.3 Å². The first kappa shape index (κ1) is 23.9. The van der Waals surface area contributed by atoms with Gasteiger partial charge in [0.15, 0.2) is 11.5 Å². The lowest BCUT2D eigenvalue weighted by Gasteiger charge is -2.35. The van der Waals surface area contributed by atoms with E-state index in [1.807, 2.05) is 18.2 Å². The second-order valence-electron chi connectivity index (χ2n) is 8.32. The summed E-state index contributed by atoms with van der Waals surface area (Å²) < 4.78 is 22.8. The van der Waals surface area contributed by atoms with Gasteiger partial charge in [-0.2, -0.15) is 0 Å². The Morgan fingerprint density at radius 2 is 1.32 bits per heavy atom. The molecule has 0 N–H and O–H groups in total. The molecule has 0 radical (unpaired) electrons. The Balaban J connectivity index is 1.28. The lowest BCUT2D eigenvalue weighted by atomic mass is 10.1. The number of ether oxygens (including phenoxy) is 4. The van der Waals surface area contributed by atoms with E-state index in [9.17, 15) is 0 Å². The first-order valence-corrected chi connectivity index (χ1v) is 11.7. The van der Waals surface area contributed by atoms with Gasteiger partial charge < -0.3 is 18.9 Å². The highest BCUT2D eigenvalue weighted by Gasteiger charge is 2.21. The third-order valence-electron chi connectivity index (χ3n) is 6.28. The fourth-order valence-electron chi connectivity index (χ4n) is 4.43. The SMILES string of the molecule is COc1ccc(CN2CCN(CCOc3ccccc3-c3ccccc3)CC2)c(OC)c1OC. The van der Waals surface area contributed by atoms with E-state index in [2.05, 4.69) is 58.3 Å². The Labute approximate surface area is 202 Å². The maximum atomic E-state index is 6.20. The predicted octanol–water partition coefficient (Wildman–Crippen LogP) is 4.58. The van der Waals surface area contributed by atoms with Gasteiger partial charge in [-0.1, -0.05) is 54.6 Å². The summed E-state index contributed by atoms with van der Waals surface area (Å²) in [6.45, 7) is 6.43. The smallest absolute Gasteiger partial charge is 0.203 e. The molecule has 0 aliphatic carbocycles. The molecule has 0 bridgehead atoms. The zero-order chi connectivity index (χ0) is 23.8. The van der Waals surface area contributed by atoms with Gasteiger partial charge in [0, 0.05) is 50.4 Å². The minimum atomic E-state index is 0.647. The molecule has 34 heavy (non-hydrogen) atoms. The van der Waals surface area contributed by atoms with Crippen LogP contribution >= 0.6 is 0 Å². The highest BCUT2D eigenvalue weighted by molar-refractivity contribution is 5.70. The second kappa shape index (κ2) is 11.8.